The number of pyridine rings is 1. The van der Waals surface area contributed by atoms with Gasteiger partial charge in [-0.25, -0.2) is 4.98 Å². The maximum Gasteiger partial charge on any atom is 0.184 e. The van der Waals surface area contributed by atoms with E-state index in [9.17, 15) is 5.11 Å². The molecule has 2 heterocycles. The molecule has 0 aliphatic carbocycles. The second-order valence-electron chi connectivity index (χ2n) is 6.55. The van der Waals surface area contributed by atoms with Crippen LogP contribution in [0.2, 0.25) is 0 Å². The zero-order chi connectivity index (χ0) is 18.9. The minimum Gasteiger partial charge on any atom is -0.505 e. The summed E-state index contributed by atoms with van der Waals surface area (Å²) >= 11 is 1.60. The quantitative estimate of drug-likeness (QED) is 0.415. The van der Waals surface area contributed by atoms with Crippen LogP contribution in [0.3, 0.4) is 0 Å². The molecular weight excluding hydrogens is 366 g/mol. The standard InChI is InChI=1S/C23H17N3OS/c27-22-17(13-12-16-9-6-14-24-21(16)22)20(15-7-2-1-3-8-15)26-23-25-18-10-4-5-11-19(18)28-23/h1-14,20,27H,(H,25,26)/t20-/m1/s1. The summed E-state index contributed by atoms with van der Waals surface area (Å²) in [4.78, 5) is 9.07. The van der Waals surface area contributed by atoms with E-state index in [1.54, 1.807) is 17.5 Å². The molecule has 2 N–H and O–H groups in total. The Morgan fingerprint density at radius 2 is 1.68 bits per heavy atom. The number of nitrogens with zero attached hydrogens (tertiary/aromatic N) is 2. The lowest BCUT2D eigenvalue weighted by atomic mass is 9.96. The largest absolute Gasteiger partial charge is 0.505 e. The third-order valence-corrected chi connectivity index (χ3v) is 5.75. The van der Waals surface area contributed by atoms with E-state index in [-0.39, 0.29) is 11.8 Å². The highest BCUT2D eigenvalue weighted by atomic mass is 32.1. The molecule has 0 spiro atoms. The monoisotopic (exact) mass is 383 g/mol. The molecule has 5 aromatic rings. The van der Waals surface area contributed by atoms with Gasteiger partial charge in [0.1, 0.15) is 11.3 Å². The number of nitrogens with one attached hydrogen (secondary N) is 1. The summed E-state index contributed by atoms with van der Waals surface area (Å²) < 4.78 is 1.13. The van der Waals surface area contributed by atoms with Crippen LogP contribution < -0.4 is 5.32 Å². The molecular formula is C23H17N3OS. The first-order chi connectivity index (χ1) is 13.8. The Balaban J connectivity index is 1.64. The molecule has 0 amide bonds. The van der Waals surface area contributed by atoms with Crippen LogP contribution >= 0.6 is 11.3 Å². The Kier molecular flexibility index (Phi) is 4.14. The number of fused-ring (bicyclic) bond motifs is 2. The third-order valence-electron chi connectivity index (χ3n) is 4.78. The predicted octanol–water partition coefficient (Wildman–Crippen LogP) is 5.75. The summed E-state index contributed by atoms with van der Waals surface area (Å²) in [7, 11) is 0. The summed E-state index contributed by atoms with van der Waals surface area (Å²) in [5.41, 5.74) is 3.39. The number of thiazole rings is 1. The molecule has 5 rings (SSSR count). The molecule has 1 atom stereocenters. The van der Waals surface area contributed by atoms with Crippen LogP contribution in [0.15, 0.2) is 85.1 Å². The number of para-hydroxylation sites is 1. The Labute approximate surface area is 166 Å². The van der Waals surface area contributed by atoms with E-state index in [1.807, 2.05) is 72.8 Å². The van der Waals surface area contributed by atoms with Crippen molar-refractivity contribution in [1.82, 2.24) is 9.97 Å². The molecule has 2 aromatic heterocycles. The summed E-state index contributed by atoms with van der Waals surface area (Å²) in [5, 5.41) is 16.2. The maximum atomic E-state index is 11.0. The summed E-state index contributed by atoms with van der Waals surface area (Å²) in [6, 6.07) is 25.7. The van der Waals surface area contributed by atoms with E-state index in [0.29, 0.717) is 5.52 Å². The minimum atomic E-state index is -0.242. The maximum absolute atomic E-state index is 11.0. The van der Waals surface area contributed by atoms with Crippen molar-refractivity contribution in [3.63, 3.8) is 0 Å². The molecule has 0 saturated heterocycles. The molecule has 0 bridgehead atoms. The van der Waals surface area contributed by atoms with Crippen molar-refractivity contribution in [2.75, 3.05) is 5.32 Å². The van der Waals surface area contributed by atoms with Crippen molar-refractivity contribution in [2.24, 2.45) is 0 Å². The molecule has 0 aliphatic rings. The van der Waals surface area contributed by atoms with Gasteiger partial charge < -0.3 is 10.4 Å². The predicted molar refractivity (Wildman–Crippen MR) is 115 cm³/mol. The number of anilines is 1. The Morgan fingerprint density at radius 3 is 2.54 bits per heavy atom. The van der Waals surface area contributed by atoms with E-state index in [2.05, 4.69) is 16.4 Å². The molecule has 3 aromatic carbocycles. The molecule has 0 unspecified atom stereocenters. The Morgan fingerprint density at radius 1 is 0.857 bits per heavy atom. The van der Waals surface area contributed by atoms with Crippen molar-refractivity contribution in [1.29, 1.82) is 0 Å². The van der Waals surface area contributed by atoms with E-state index >= 15 is 0 Å². The first-order valence-electron chi connectivity index (χ1n) is 9.03. The SMILES string of the molecule is Oc1c([C@H](Nc2nc3ccccc3s2)c2ccccc2)ccc2cccnc12. The fourth-order valence-electron chi connectivity index (χ4n) is 3.42. The fraction of sp³-hybridized carbons (Fsp3) is 0.0435. The highest BCUT2D eigenvalue weighted by molar-refractivity contribution is 7.22. The molecule has 0 saturated carbocycles. The second kappa shape index (κ2) is 6.94. The number of aromatic hydroxyl groups is 1. The number of hydrogen-bond donors (Lipinski definition) is 2. The number of benzene rings is 3. The van der Waals surface area contributed by atoms with Gasteiger partial charge in [0.05, 0.1) is 16.3 Å². The van der Waals surface area contributed by atoms with E-state index in [4.69, 9.17) is 4.98 Å². The van der Waals surface area contributed by atoms with Crippen LogP contribution in [0.25, 0.3) is 21.1 Å². The molecule has 0 aliphatic heterocycles. The van der Waals surface area contributed by atoms with Gasteiger partial charge in [-0.15, -0.1) is 0 Å². The lowest BCUT2D eigenvalue weighted by Gasteiger charge is -2.21. The smallest absolute Gasteiger partial charge is 0.184 e. The third kappa shape index (κ3) is 2.96. The Hall–Kier alpha value is -3.44. The van der Waals surface area contributed by atoms with Gasteiger partial charge in [-0.2, -0.15) is 0 Å². The first kappa shape index (κ1) is 16.7. The van der Waals surface area contributed by atoms with Crippen LogP contribution in [0.5, 0.6) is 5.75 Å². The van der Waals surface area contributed by atoms with Crippen LogP contribution in [-0.4, -0.2) is 15.1 Å². The molecule has 0 fully saturated rings. The topological polar surface area (TPSA) is 58.0 Å². The second-order valence-corrected chi connectivity index (χ2v) is 7.58. The molecule has 136 valence electrons. The van der Waals surface area contributed by atoms with Crippen molar-refractivity contribution in [3.8, 4) is 5.75 Å². The molecule has 0 radical (unpaired) electrons. The van der Waals surface area contributed by atoms with Gasteiger partial charge in [0.15, 0.2) is 5.13 Å². The average Bonchev–Trinajstić information content (AvgIpc) is 3.16. The summed E-state index contributed by atoms with van der Waals surface area (Å²) in [5.74, 6) is 0.195. The highest BCUT2D eigenvalue weighted by Gasteiger charge is 2.21. The number of hydrogen-bond acceptors (Lipinski definition) is 5. The molecule has 28 heavy (non-hydrogen) atoms. The van der Waals surface area contributed by atoms with Gasteiger partial charge in [0, 0.05) is 17.1 Å². The van der Waals surface area contributed by atoms with Crippen molar-refractivity contribution in [3.05, 3.63) is 96.2 Å². The van der Waals surface area contributed by atoms with E-state index in [1.165, 1.54) is 0 Å². The minimum absolute atomic E-state index is 0.195. The number of aromatic nitrogens is 2. The normalized spacial score (nSPS) is 12.3. The van der Waals surface area contributed by atoms with Gasteiger partial charge in [0.2, 0.25) is 0 Å². The zero-order valence-corrected chi connectivity index (χ0v) is 15.7. The van der Waals surface area contributed by atoms with E-state index < -0.39 is 0 Å². The Bertz CT molecular complexity index is 1230. The number of phenols is 1. The molecule has 5 heteroatoms. The number of rotatable bonds is 4. The first-order valence-corrected chi connectivity index (χ1v) is 9.85. The van der Waals surface area contributed by atoms with Crippen molar-refractivity contribution in [2.45, 2.75) is 6.04 Å². The van der Waals surface area contributed by atoms with Crippen molar-refractivity contribution >= 4 is 37.6 Å². The summed E-state index contributed by atoms with van der Waals surface area (Å²) in [6.45, 7) is 0. The van der Waals surface area contributed by atoms with Gasteiger partial charge >= 0.3 is 0 Å². The van der Waals surface area contributed by atoms with Crippen LogP contribution in [0.1, 0.15) is 17.2 Å². The fourth-order valence-corrected chi connectivity index (χ4v) is 4.32. The van der Waals surface area contributed by atoms with Gasteiger partial charge in [-0.05, 0) is 23.8 Å². The zero-order valence-electron chi connectivity index (χ0n) is 14.9. The van der Waals surface area contributed by atoms with Gasteiger partial charge in [-0.1, -0.05) is 72.0 Å². The highest BCUT2D eigenvalue weighted by Crippen LogP contribution is 2.37. The summed E-state index contributed by atoms with van der Waals surface area (Å²) in [6.07, 6.45) is 1.70. The van der Waals surface area contributed by atoms with Crippen molar-refractivity contribution < 1.29 is 5.11 Å². The lowest BCUT2D eigenvalue weighted by molar-refractivity contribution is 0.472. The lowest BCUT2D eigenvalue weighted by Crippen LogP contribution is -2.12. The molecule has 4 nitrogen and oxygen atoms in total. The van der Waals surface area contributed by atoms with Gasteiger partial charge in [0.25, 0.3) is 0 Å². The average molecular weight is 383 g/mol. The van der Waals surface area contributed by atoms with Crippen LogP contribution in [0.4, 0.5) is 5.13 Å². The number of phenolic OH excluding ortho intramolecular Hbond substituents is 1. The van der Waals surface area contributed by atoms with Crippen LogP contribution in [-0.2, 0) is 0 Å². The van der Waals surface area contributed by atoms with E-state index in [0.717, 1.165) is 31.9 Å². The van der Waals surface area contributed by atoms with Crippen LogP contribution in [0, 0.1) is 0 Å². The van der Waals surface area contributed by atoms with Gasteiger partial charge in [-0.3, -0.25) is 4.98 Å².